The molecule has 1 aliphatic carbocycles. The molecule has 2 aliphatic rings. The minimum Gasteiger partial charge on any atom is -0.391 e. The lowest BCUT2D eigenvalue weighted by Crippen LogP contribution is -2.48. The van der Waals surface area contributed by atoms with Crippen LogP contribution in [0.5, 0.6) is 0 Å². The summed E-state index contributed by atoms with van der Waals surface area (Å²) in [5, 5.41) is 16.4. The van der Waals surface area contributed by atoms with Crippen LogP contribution in [0.1, 0.15) is 38.2 Å². The third kappa shape index (κ3) is 5.78. The van der Waals surface area contributed by atoms with Crippen LogP contribution in [0.25, 0.3) is 0 Å². The van der Waals surface area contributed by atoms with E-state index >= 15 is 0 Å². The molecule has 3 N–H and O–H groups in total. The summed E-state index contributed by atoms with van der Waals surface area (Å²) in [7, 11) is 0. The molecular weight excluding hydrogens is 370 g/mol. The minimum absolute atomic E-state index is 0.0147. The van der Waals surface area contributed by atoms with Gasteiger partial charge in [-0.1, -0.05) is 30.3 Å². The number of morpholine rings is 1. The number of aliphatic hydroxyl groups is 1. The van der Waals surface area contributed by atoms with Crippen molar-refractivity contribution in [2.45, 2.75) is 50.2 Å². The van der Waals surface area contributed by atoms with Crippen LogP contribution in [0.15, 0.2) is 30.3 Å². The highest BCUT2D eigenvalue weighted by Crippen LogP contribution is 2.39. The standard InChI is InChI=1S/C22H33N3O4/c1-17(26)23-15-21(28)24-16-22(18-5-3-2-4-6-18)9-7-19(20(27)8-10-22)25-11-13-29-14-12-25/h2-6,19-20,27H,7-16H2,1H3,(H,23,26)(H,24,28)/t19-,20-,22-/m1/s1. The van der Waals surface area contributed by atoms with E-state index < -0.39 is 0 Å². The summed E-state index contributed by atoms with van der Waals surface area (Å²) in [5.41, 5.74) is 0.962. The van der Waals surface area contributed by atoms with Crippen LogP contribution < -0.4 is 10.6 Å². The number of amides is 2. The Bertz CT molecular complexity index is 678. The number of ether oxygens (including phenoxy) is 1. The van der Waals surface area contributed by atoms with Gasteiger partial charge in [0.05, 0.1) is 25.9 Å². The van der Waals surface area contributed by atoms with E-state index in [1.165, 1.54) is 12.5 Å². The minimum atomic E-state index is -0.381. The third-order valence-corrected chi connectivity index (χ3v) is 6.30. The average molecular weight is 404 g/mol. The molecule has 1 aromatic rings. The number of hydrogen-bond acceptors (Lipinski definition) is 5. The maximum atomic E-state index is 12.2. The molecule has 0 radical (unpaired) electrons. The van der Waals surface area contributed by atoms with Crippen molar-refractivity contribution in [3.8, 4) is 0 Å². The molecule has 1 aromatic carbocycles. The van der Waals surface area contributed by atoms with E-state index in [2.05, 4.69) is 27.7 Å². The Morgan fingerprint density at radius 1 is 1.14 bits per heavy atom. The number of nitrogens with zero attached hydrogens (tertiary/aromatic N) is 1. The Morgan fingerprint density at radius 2 is 1.83 bits per heavy atom. The molecule has 0 unspecified atom stereocenters. The van der Waals surface area contributed by atoms with Crippen LogP contribution in [-0.2, 0) is 19.7 Å². The summed E-state index contributed by atoms with van der Waals surface area (Å²) in [6.45, 7) is 5.02. The molecule has 7 heteroatoms. The van der Waals surface area contributed by atoms with Gasteiger partial charge in [0.15, 0.2) is 0 Å². The zero-order valence-electron chi connectivity index (χ0n) is 17.2. The molecule has 7 nitrogen and oxygen atoms in total. The molecule has 3 rings (SSSR count). The first-order chi connectivity index (χ1) is 14.0. The summed E-state index contributed by atoms with van der Waals surface area (Å²) in [5.74, 6) is -0.408. The first-order valence-corrected chi connectivity index (χ1v) is 10.6. The van der Waals surface area contributed by atoms with Crippen LogP contribution in [0.4, 0.5) is 0 Å². The van der Waals surface area contributed by atoms with Crippen LogP contribution in [0.3, 0.4) is 0 Å². The van der Waals surface area contributed by atoms with Crippen LogP contribution in [0, 0.1) is 0 Å². The van der Waals surface area contributed by atoms with Crippen LogP contribution in [-0.4, -0.2) is 73.4 Å². The molecule has 0 bridgehead atoms. The molecule has 1 aliphatic heterocycles. The number of aliphatic hydroxyl groups excluding tert-OH is 1. The van der Waals surface area contributed by atoms with E-state index in [1.54, 1.807) is 0 Å². The fourth-order valence-electron chi connectivity index (χ4n) is 4.59. The zero-order chi connectivity index (χ0) is 20.7. The summed E-state index contributed by atoms with van der Waals surface area (Å²) in [6, 6.07) is 10.4. The van der Waals surface area contributed by atoms with Crippen LogP contribution >= 0.6 is 0 Å². The van der Waals surface area contributed by atoms with Gasteiger partial charge in [-0.05, 0) is 31.2 Å². The topological polar surface area (TPSA) is 90.9 Å². The van der Waals surface area contributed by atoms with Crippen molar-refractivity contribution in [3.63, 3.8) is 0 Å². The smallest absolute Gasteiger partial charge is 0.239 e. The van der Waals surface area contributed by atoms with Gasteiger partial charge in [-0.3, -0.25) is 14.5 Å². The van der Waals surface area contributed by atoms with Crippen molar-refractivity contribution in [3.05, 3.63) is 35.9 Å². The second-order valence-electron chi connectivity index (χ2n) is 8.19. The van der Waals surface area contributed by atoms with Crippen molar-refractivity contribution in [1.82, 2.24) is 15.5 Å². The van der Waals surface area contributed by atoms with Crippen LogP contribution in [0.2, 0.25) is 0 Å². The molecule has 2 fully saturated rings. The Labute approximate surface area is 172 Å². The second kappa shape index (κ2) is 10.2. The van der Waals surface area contributed by atoms with Crippen molar-refractivity contribution in [2.75, 3.05) is 39.4 Å². The van der Waals surface area contributed by atoms with Crippen molar-refractivity contribution in [1.29, 1.82) is 0 Å². The second-order valence-corrected chi connectivity index (χ2v) is 8.19. The van der Waals surface area contributed by atoms with Gasteiger partial charge in [0.25, 0.3) is 0 Å². The van der Waals surface area contributed by atoms with Gasteiger partial charge in [0.2, 0.25) is 11.8 Å². The number of carbonyl (C=O) groups excluding carboxylic acids is 2. The fourth-order valence-corrected chi connectivity index (χ4v) is 4.59. The fraction of sp³-hybridized carbons (Fsp3) is 0.636. The largest absolute Gasteiger partial charge is 0.391 e. The quantitative estimate of drug-likeness (QED) is 0.612. The van der Waals surface area contributed by atoms with E-state index in [0.29, 0.717) is 26.2 Å². The molecular formula is C22H33N3O4. The lowest BCUT2D eigenvalue weighted by atomic mass is 9.74. The van der Waals surface area contributed by atoms with Gasteiger partial charge in [-0.2, -0.15) is 0 Å². The highest BCUT2D eigenvalue weighted by Gasteiger charge is 2.40. The Morgan fingerprint density at radius 3 is 2.52 bits per heavy atom. The average Bonchev–Trinajstić information content (AvgIpc) is 2.92. The molecule has 0 aromatic heterocycles. The number of benzene rings is 1. The monoisotopic (exact) mass is 403 g/mol. The SMILES string of the molecule is CC(=O)NCC(=O)NC[C@]1(c2ccccc2)CC[C@@H](O)[C@H](N2CCOCC2)CC1. The summed E-state index contributed by atoms with van der Waals surface area (Å²) in [4.78, 5) is 25.7. The van der Waals surface area contributed by atoms with Gasteiger partial charge in [-0.25, -0.2) is 0 Å². The number of carbonyl (C=O) groups is 2. The summed E-state index contributed by atoms with van der Waals surface area (Å²) >= 11 is 0. The van der Waals surface area contributed by atoms with Crippen molar-refractivity contribution in [2.24, 2.45) is 0 Å². The van der Waals surface area contributed by atoms with E-state index in [4.69, 9.17) is 4.74 Å². The van der Waals surface area contributed by atoms with E-state index in [-0.39, 0.29) is 35.9 Å². The first-order valence-electron chi connectivity index (χ1n) is 10.6. The van der Waals surface area contributed by atoms with E-state index in [9.17, 15) is 14.7 Å². The molecule has 0 spiro atoms. The molecule has 1 saturated carbocycles. The molecule has 29 heavy (non-hydrogen) atoms. The number of hydrogen-bond donors (Lipinski definition) is 3. The highest BCUT2D eigenvalue weighted by molar-refractivity contribution is 5.83. The Kier molecular flexibility index (Phi) is 7.64. The van der Waals surface area contributed by atoms with Gasteiger partial charge in [0.1, 0.15) is 0 Å². The molecule has 3 atom stereocenters. The predicted octanol–water partition coefficient (Wildman–Crippen LogP) is 0.812. The maximum absolute atomic E-state index is 12.2. The third-order valence-electron chi connectivity index (χ3n) is 6.30. The molecule has 160 valence electrons. The zero-order valence-corrected chi connectivity index (χ0v) is 17.2. The normalized spacial score (nSPS) is 28.3. The maximum Gasteiger partial charge on any atom is 0.239 e. The molecule has 1 heterocycles. The number of nitrogens with one attached hydrogen (secondary N) is 2. The lowest BCUT2D eigenvalue weighted by Gasteiger charge is -2.37. The highest BCUT2D eigenvalue weighted by atomic mass is 16.5. The van der Waals surface area contributed by atoms with Gasteiger partial charge < -0.3 is 20.5 Å². The molecule has 1 saturated heterocycles. The van der Waals surface area contributed by atoms with Gasteiger partial charge >= 0.3 is 0 Å². The van der Waals surface area contributed by atoms with Gasteiger partial charge in [-0.15, -0.1) is 0 Å². The van der Waals surface area contributed by atoms with E-state index in [1.807, 2.05) is 18.2 Å². The van der Waals surface area contributed by atoms with Gasteiger partial charge in [0, 0.05) is 38.0 Å². The van der Waals surface area contributed by atoms with E-state index in [0.717, 1.165) is 32.4 Å². The van der Waals surface area contributed by atoms with Crippen molar-refractivity contribution < 1.29 is 19.4 Å². The predicted molar refractivity (Wildman–Crippen MR) is 110 cm³/mol. The Hall–Kier alpha value is -1.96. The van der Waals surface area contributed by atoms with Crippen molar-refractivity contribution >= 4 is 11.8 Å². The lowest BCUT2D eigenvalue weighted by molar-refractivity contribution is -0.125. The Balaban J connectivity index is 1.73. The number of rotatable bonds is 6. The molecule has 2 amide bonds. The summed E-state index contributed by atoms with van der Waals surface area (Å²) < 4.78 is 5.47. The first kappa shape index (κ1) is 21.7. The summed E-state index contributed by atoms with van der Waals surface area (Å²) in [6.07, 6.45) is 2.88.